The predicted octanol–water partition coefficient (Wildman–Crippen LogP) is 3.85. The molecule has 4 heterocycles. The second-order valence-electron chi connectivity index (χ2n) is 7.19. The molecular formula is C19H17F5N6O. The van der Waals surface area contributed by atoms with Crippen LogP contribution in [0.3, 0.4) is 0 Å². The molecule has 1 aliphatic heterocycles. The van der Waals surface area contributed by atoms with Gasteiger partial charge >= 0.3 is 6.18 Å². The van der Waals surface area contributed by atoms with Crippen LogP contribution in [0.2, 0.25) is 0 Å². The van der Waals surface area contributed by atoms with E-state index in [0.717, 1.165) is 12.3 Å². The van der Waals surface area contributed by atoms with E-state index in [2.05, 4.69) is 20.4 Å². The van der Waals surface area contributed by atoms with E-state index < -0.39 is 30.6 Å². The molecule has 0 saturated carbocycles. The highest BCUT2D eigenvalue weighted by atomic mass is 19.4. The summed E-state index contributed by atoms with van der Waals surface area (Å²) < 4.78 is 66.6. The largest absolute Gasteiger partial charge is 0.408 e. The molecule has 1 atom stereocenters. The maximum atomic E-state index is 13.7. The van der Waals surface area contributed by atoms with Crippen LogP contribution in [-0.2, 0) is 6.54 Å². The Morgan fingerprint density at radius 3 is 2.71 bits per heavy atom. The molecule has 1 saturated heterocycles. The number of likely N-dealkylation sites (tertiary alicyclic amines) is 1. The average Bonchev–Trinajstić information content (AvgIpc) is 3.04. The van der Waals surface area contributed by atoms with Gasteiger partial charge in [0.2, 0.25) is 0 Å². The lowest BCUT2D eigenvalue weighted by Gasteiger charge is -2.28. The Morgan fingerprint density at radius 2 is 2.03 bits per heavy atom. The van der Waals surface area contributed by atoms with E-state index in [1.807, 2.05) is 0 Å². The summed E-state index contributed by atoms with van der Waals surface area (Å²) in [4.78, 5) is 21.9. The second kappa shape index (κ2) is 8.08. The van der Waals surface area contributed by atoms with E-state index in [1.54, 1.807) is 0 Å². The number of carbonyl (C=O) groups excluding carboxylic acids is 1. The molecule has 7 nitrogen and oxygen atoms in total. The van der Waals surface area contributed by atoms with Gasteiger partial charge in [0.15, 0.2) is 5.82 Å². The molecule has 1 N–H and O–H groups in total. The third-order valence-electron chi connectivity index (χ3n) is 4.81. The Labute approximate surface area is 172 Å². The van der Waals surface area contributed by atoms with Crippen LogP contribution in [0, 0.1) is 5.82 Å². The monoisotopic (exact) mass is 440 g/mol. The minimum atomic E-state index is -4.56. The first-order valence-electron chi connectivity index (χ1n) is 9.45. The van der Waals surface area contributed by atoms with Crippen molar-refractivity contribution in [3.05, 3.63) is 42.1 Å². The zero-order chi connectivity index (χ0) is 22.2. The summed E-state index contributed by atoms with van der Waals surface area (Å²) in [6.07, 6.45) is -2.67. The van der Waals surface area contributed by atoms with Crippen LogP contribution in [0.4, 0.5) is 33.6 Å². The van der Waals surface area contributed by atoms with Crippen LogP contribution in [0.25, 0.3) is 10.9 Å². The van der Waals surface area contributed by atoms with Crippen molar-refractivity contribution < 1.29 is 26.7 Å². The third kappa shape index (κ3) is 4.72. The lowest BCUT2D eigenvalue weighted by atomic mass is 10.1. The number of fused-ring (bicyclic) bond motifs is 1. The van der Waals surface area contributed by atoms with Gasteiger partial charge in [-0.3, -0.25) is 14.5 Å². The number of hydrogen-bond acceptors (Lipinski definition) is 5. The predicted molar refractivity (Wildman–Crippen MR) is 101 cm³/mol. The summed E-state index contributed by atoms with van der Waals surface area (Å²) in [5.74, 6) is -0.941. The van der Waals surface area contributed by atoms with E-state index >= 15 is 0 Å². The van der Waals surface area contributed by atoms with Crippen molar-refractivity contribution in [2.75, 3.05) is 18.4 Å². The standard InChI is InChI=1S/C19H17F5N6O/c20-11-3-4-16(26-7-11)27-17-13-8-25-14(18(31)29-5-1-2-12(21)9-29)6-15(13)30(28-17)10-19(22,23)24/h3-4,6-8,12H,1-2,5,9-10H2,(H,26,27,28)/t12-/m0/s1. The lowest BCUT2D eigenvalue weighted by molar-refractivity contribution is -0.141. The van der Waals surface area contributed by atoms with E-state index in [4.69, 9.17) is 0 Å². The van der Waals surface area contributed by atoms with Gasteiger partial charge in [-0.05, 0) is 31.0 Å². The summed E-state index contributed by atoms with van der Waals surface area (Å²) in [7, 11) is 0. The summed E-state index contributed by atoms with van der Waals surface area (Å²) in [6, 6.07) is 3.65. The molecule has 1 amide bonds. The number of carbonyl (C=O) groups is 1. The van der Waals surface area contributed by atoms with Crippen LogP contribution < -0.4 is 5.32 Å². The molecule has 164 valence electrons. The number of aromatic nitrogens is 4. The van der Waals surface area contributed by atoms with Gasteiger partial charge in [0.05, 0.1) is 23.6 Å². The number of nitrogens with one attached hydrogen (secondary N) is 1. The molecule has 31 heavy (non-hydrogen) atoms. The van der Waals surface area contributed by atoms with Crippen LogP contribution in [0.15, 0.2) is 30.6 Å². The first-order chi connectivity index (χ1) is 14.7. The average molecular weight is 440 g/mol. The fourth-order valence-electron chi connectivity index (χ4n) is 3.41. The Hall–Kier alpha value is -3.31. The van der Waals surface area contributed by atoms with E-state index in [1.165, 1.54) is 23.2 Å². The van der Waals surface area contributed by atoms with Gasteiger partial charge in [0, 0.05) is 12.7 Å². The second-order valence-corrected chi connectivity index (χ2v) is 7.19. The number of alkyl halides is 4. The number of rotatable bonds is 4. The zero-order valence-electron chi connectivity index (χ0n) is 16.0. The number of anilines is 2. The van der Waals surface area contributed by atoms with Crippen LogP contribution >= 0.6 is 0 Å². The summed E-state index contributed by atoms with van der Waals surface area (Å²) >= 11 is 0. The molecule has 3 aromatic rings. The molecule has 0 aromatic carbocycles. The molecule has 0 spiro atoms. The number of piperidine rings is 1. The van der Waals surface area contributed by atoms with Crippen molar-refractivity contribution in [2.24, 2.45) is 0 Å². The quantitative estimate of drug-likeness (QED) is 0.624. The van der Waals surface area contributed by atoms with Gasteiger partial charge < -0.3 is 10.2 Å². The van der Waals surface area contributed by atoms with Crippen molar-refractivity contribution in [3.63, 3.8) is 0 Å². The molecule has 3 aromatic heterocycles. The molecule has 0 radical (unpaired) electrons. The Bertz CT molecular complexity index is 1100. The van der Waals surface area contributed by atoms with Crippen molar-refractivity contribution in [1.82, 2.24) is 24.6 Å². The normalized spacial score (nSPS) is 17.2. The highest BCUT2D eigenvalue weighted by molar-refractivity contribution is 5.98. The Morgan fingerprint density at radius 1 is 1.23 bits per heavy atom. The third-order valence-corrected chi connectivity index (χ3v) is 4.81. The Kier molecular flexibility index (Phi) is 5.46. The number of pyridine rings is 2. The van der Waals surface area contributed by atoms with Crippen molar-refractivity contribution in [3.8, 4) is 0 Å². The number of nitrogens with zero attached hydrogens (tertiary/aromatic N) is 5. The Balaban J connectivity index is 1.71. The van der Waals surface area contributed by atoms with E-state index in [9.17, 15) is 26.7 Å². The maximum Gasteiger partial charge on any atom is 0.408 e. The van der Waals surface area contributed by atoms with E-state index in [-0.39, 0.29) is 34.8 Å². The van der Waals surface area contributed by atoms with Gasteiger partial charge in [-0.15, -0.1) is 0 Å². The summed E-state index contributed by atoms with van der Waals surface area (Å²) in [6.45, 7) is -1.12. The maximum absolute atomic E-state index is 13.7. The highest BCUT2D eigenvalue weighted by Crippen LogP contribution is 2.29. The lowest BCUT2D eigenvalue weighted by Crippen LogP contribution is -2.41. The minimum absolute atomic E-state index is 0.0200. The topological polar surface area (TPSA) is 75.9 Å². The molecular weight excluding hydrogens is 423 g/mol. The zero-order valence-corrected chi connectivity index (χ0v) is 16.0. The first kappa shape index (κ1) is 20.9. The smallest absolute Gasteiger partial charge is 0.334 e. The fourth-order valence-corrected chi connectivity index (χ4v) is 3.41. The summed E-state index contributed by atoms with van der Waals surface area (Å²) in [5, 5.41) is 6.90. The molecule has 4 rings (SSSR count). The van der Waals surface area contributed by atoms with Gasteiger partial charge in [0.1, 0.15) is 30.0 Å². The van der Waals surface area contributed by atoms with Gasteiger partial charge in [-0.2, -0.15) is 18.3 Å². The minimum Gasteiger partial charge on any atom is -0.334 e. The van der Waals surface area contributed by atoms with Crippen LogP contribution in [0.1, 0.15) is 23.3 Å². The van der Waals surface area contributed by atoms with Gasteiger partial charge in [-0.25, -0.2) is 13.8 Å². The summed E-state index contributed by atoms with van der Waals surface area (Å²) in [5.41, 5.74) is -0.0783. The van der Waals surface area contributed by atoms with Gasteiger partial charge in [-0.1, -0.05) is 0 Å². The number of hydrogen-bond donors (Lipinski definition) is 1. The molecule has 12 heteroatoms. The van der Waals surface area contributed by atoms with Crippen molar-refractivity contribution in [1.29, 1.82) is 0 Å². The number of amides is 1. The fraction of sp³-hybridized carbons (Fsp3) is 0.368. The molecule has 1 fully saturated rings. The molecule has 1 aliphatic rings. The SMILES string of the molecule is O=C(c1cc2c(cn1)c(Nc1ccc(F)cn1)nn2CC(F)(F)F)N1CCC[C@H](F)C1. The van der Waals surface area contributed by atoms with Crippen LogP contribution in [0.5, 0.6) is 0 Å². The number of halogens is 5. The van der Waals surface area contributed by atoms with Crippen molar-refractivity contribution in [2.45, 2.75) is 31.7 Å². The highest BCUT2D eigenvalue weighted by Gasteiger charge is 2.31. The molecule has 0 unspecified atom stereocenters. The van der Waals surface area contributed by atoms with Gasteiger partial charge in [0.25, 0.3) is 5.91 Å². The van der Waals surface area contributed by atoms with E-state index in [0.29, 0.717) is 24.1 Å². The van der Waals surface area contributed by atoms with Crippen LogP contribution in [-0.4, -0.2) is 56.0 Å². The molecule has 0 bridgehead atoms. The molecule has 0 aliphatic carbocycles. The van der Waals surface area contributed by atoms with Crippen molar-refractivity contribution >= 4 is 28.4 Å². The first-order valence-corrected chi connectivity index (χ1v) is 9.45.